The van der Waals surface area contributed by atoms with Gasteiger partial charge in [0.2, 0.25) is 5.13 Å². The van der Waals surface area contributed by atoms with E-state index in [9.17, 15) is 12.8 Å². The number of rotatable bonds is 3. The zero-order valence-corrected chi connectivity index (χ0v) is 10.8. The van der Waals surface area contributed by atoms with E-state index in [2.05, 4.69) is 14.9 Å². The number of nitrogens with two attached hydrogens (primary N) is 1. The number of aromatic nitrogens is 2. The summed E-state index contributed by atoms with van der Waals surface area (Å²) in [6, 6.07) is 3.88. The summed E-state index contributed by atoms with van der Waals surface area (Å²) >= 11 is 0.734. The summed E-state index contributed by atoms with van der Waals surface area (Å²) in [5, 5.41) is 6.89. The third-order valence-corrected chi connectivity index (χ3v) is 4.45. The van der Waals surface area contributed by atoms with E-state index in [1.165, 1.54) is 12.1 Å². The highest BCUT2D eigenvalue weighted by Gasteiger charge is 2.19. The van der Waals surface area contributed by atoms with Gasteiger partial charge in [0, 0.05) is 0 Å². The highest BCUT2D eigenvalue weighted by molar-refractivity contribution is 7.94. The molecular formula is C9H9FN4O2S2. The molecular weight excluding hydrogens is 279 g/mol. The lowest BCUT2D eigenvalue weighted by atomic mass is 10.2. The number of sulfonamides is 1. The van der Waals surface area contributed by atoms with Crippen molar-refractivity contribution in [3.05, 3.63) is 29.6 Å². The molecule has 0 aliphatic rings. The molecule has 0 saturated heterocycles. The van der Waals surface area contributed by atoms with Crippen LogP contribution in [0.4, 0.5) is 15.2 Å². The van der Waals surface area contributed by atoms with Crippen LogP contribution in [0, 0.1) is 12.7 Å². The minimum absolute atomic E-state index is 0.0470. The second kappa shape index (κ2) is 4.50. The maximum Gasteiger partial charge on any atom is 0.291 e. The molecule has 0 atom stereocenters. The van der Waals surface area contributed by atoms with Gasteiger partial charge in [-0.15, -0.1) is 10.2 Å². The largest absolute Gasteiger partial charge is 0.374 e. The quantitative estimate of drug-likeness (QED) is 0.888. The number of hydrogen-bond acceptors (Lipinski definition) is 6. The first-order valence-electron chi connectivity index (χ1n) is 4.76. The van der Waals surface area contributed by atoms with Crippen LogP contribution in [0.25, 0.3) is 0 Å². The van der Waals surface area contributed by atoms with E-state index in [0.29, 0.717) is 5.56 Å². The van der Waals surface area contributed by atoms with Gasteiger partial charge in [-0.25, -0.2) is 4.39 Å². The minimum Gasteiger partial charge on any atom is -0.374 e. The highest BCUT2D eigenvalue weighted by atomic mass is 32.2. The summed E-state index contributed by atoms with van der Waals surface area (Å²) in [5.74, 6) is -0.524. The number of nitrogens with zero attached hydrogens (tertiary/aromatic N) is 2. The summed E-state index contributed by atoms with van der Waals surface area (Å²) in [6.45, 7) is 1.66. The Morgan fingerprint density at radius 3 is 2.61 bits per heavy atom. The third-order valence-electron chi connectivity index (χ3n) is 1.95. The average Bonchev–Trinajstić information content (AvgIpc) is 2.62. The van der Waals surface area contributed by atoms with Gasteiger partial charge in [-0.05, 0) is 30.7 Å². The molecule has 0 fully saturated rings. The molecule has 1 heterocycles. The number of aryl methyl sites for hydroxylation is 1. The maximum atomic E-state index is 13.1. The number of nitrogen functional groups attached to an aromatic ring is 1. The summed E-state index contributed by atoms with van der Waals surface area (Å²) in [7, 11) is -3.88. The summed E-state index contributed by atoms with van der Waals surface area (Å²) in [6.07, 6.45) is 0. The Balaban J connectivity index is 2.33. The topological polar surface area (TPSA) is 98.0 Å². The van der Waals surface area contributed by atoms with Gasteiger partial charge in [-0.2, -0.15) is 8.42 Å². The molecule has 1 aromatic carbocycles. The normalized spacial score (nSPS) is 11.4. The predicted molar refractivity (Wildman–Crippen MR) is 66.3 cm³/mol. The molecule has 1 aromatic heterocycles. The fourth-order valence-electron chi connectivity index (χ4n) is 1.32. The van der Waals surface area contributed by atoms with Crippen molar-refractivity contribution < 1.29 is 12.8 Å². The molecule has 2 aromatic rings. The maximum absolute atomic E-state index is 13.1. The monoisotopic (exact) mass is 288 g/mol. The molecule has 0 bridgehead atoms. The molecule has 0 amide bonds. The Bertz CT molecular complexity index is 663. The number of benzene rings is 1. The zero-order chi connectivity index (χ0) is 13.3. The lowest BCUT2D eigenvalue weighted by Gasteiger charge is -2.06. The number of hydrogen-bond donors (Lipinski definition) is 2. The molecule has 0 aliphatic carbocycles. The smallest absolute Gasteiger partial charge is 0.291 e. The summed E-state index contributed by atoms with van der Waals surface area (Å²) in [4.78, 5) is 0. The Hall–Kier alpha value is -1.74. The van der Waals surface area contributed by atoms with Gasteiger partial charge in [0.15, 0.2) is 0 Å². The van der Waals surface area contributed by atoms with Gasteiger partial charge in [-0.3, -0.25) is 4.72 Å². The van der Waals surface area contributed by atoms with Crippen LogP contribution in [-0.2, 0) is 10.0 Å². The van der Waals surface area contributed by atoms with E-state index in [0.717, 1.165) is 17.4 Å². The Morgan fingerprint density at radius 2 is 2.06 bits per heavy atom. The lowest BCUT2D eigenvalue weighted by molar-refractivity contribution is 0.599. The van der Waals surface area contributed by atoms with Crippen LogP contribution in [0.3, 0.4) is 0 Å². The van der Waals surface area contributed by atoms with Crippen LogP contribution in [0.5, 0.6) is 0 Å². The van der Waals surface area contributed by atoms with Gasteiger partial charge < -0.3 is 5.73 Å². The fraction of sp³-hybridized carbons (Fsp3) is 0.111. The first kappa shape index (κ1) is 12.7. The second-order valence-corrected chi connectivity index (χ2v) is 6.39. The van der Waals surface area contributed by atoms with Crippen LogP contribution in [0.1, 0.15) is 5.56 Å². The van der Waals surface area contributed by atoms with Crippen LogP contribution in [-0.4, -0.2) is 18.6 Å². The van der Waals surface area contributed by atoms with Crippen molar-refractivity contribution in [2.45, 2.75) is 11.3 Å². The van der Waals surface area contributed by atoms with Crippen LogP contribution in [0.15, 0.2) is 22.5 Å². The third kappa shape index (κ3) is 2.74. The van der Waals surface area contributed by atoms with Crippen molar-refractivity contribution in [1.29, 1.82) is 0 Å². The van der Waals surface area contributed by atoms with E-state index >= 15 is 0 Å². The van der Waals surface area contributed by atoms with Gasteiger partial charge in [0.05, 0.1) is 5.69 Å². The van der Waals surface area contributed by atoms with E-state index in [1.807, 2.05) is 0 Å². The van der Waals surface area contributed by atoms with Crippen molar-refractivity contribution in [1.82, 2.24) is 10.2 Å². The van der Waals surface area contributed by atoms with Crippen molar-refractivity contribution in [3.8, 4) is 0 Å². The molecule has 6 nitrogen and oxygen atoms in total. The molecule has 18 heavy (non-hydrogen) atoms. The predicted octanol–water partition coefficient (Wildman–Crippen LogP) is 1.37. The fourth-order valence-corrected chi connectivity index (χ4v) is 3.15. The van der Waals surface area contributed by atoms with Gasteiger partial charge in [-0.1, -0.05) is 11.3 Å². The van der Waals surface area contributed by atoms with E-state index in [4.69, 9.17) is 5.73 Å². The Kier molecular flexibility index (Phi) is 3.18. The second-order valence-electron chi connectivity index (χ2n) is 3.53. The molecule has 0 spiro atoms. The van der Waals surface area contributed by atoms with Crippen molar-refractivity contribution >= 4 is 32.2 Å². The average molecular weight is 288 g/mol. The van der Waals surface area contributed by atoms with E-state index in [1.54, 1.807) is 6.92 Å². The number of halogens is 1. The Morgan fingerprint density at radius 1 is 1.33 bits per heavy atom. The van der Waals surface area contributed by atoms with E-state index < -0.39 is 15.8 Å². The van der Waals surface area contributed by atoms with Crippen molar-refractivity contribution in [2.75, 3.05) is 10.5 Å². The van der Waals surface area contributed by atoms with Crippen LogP contribution < -0.4 is 10.5 Å². The van der Waals surface area contributed by atoms with Crippen LogP contribution in [0.2, 0.25) is 0 Å². The molecule has 0 saturated carbocycles. The van der Waals surface area contributed by atoms with E-state index in [-0.39, 0.29) is 15.2 Å². The SMILES string of the molecule is Cc1cc(F)cc(NS(=O)(=O)c2nnc(N)s2)c1. The number of anilines is 2. The molecule has 0 aliphatic heterocycles. The molecule has 2 rings (SSSR count). The zero-order valence-electron chi connectivity index (χ0n) is 9.21. The molecule has 0 radical (unpaired) electrons. The first-order chi connectivity index (χ1) is 8.37. The van der Waals surface area contributed by atoms with Gasteiger partial charge in [0.25, 0.3) is 14.4 Å². The Labute approximate surface area is 107 Å². The summed E-state index contributed by atoms with van der Waals surface area (Å²) < 4.78 is 38.8. The van der Waals surface area contributed by atoms with Gasteiger partial charge >= 0.3 is 0 Å². The van der Waals surface area contributed by atoms with Crippen molar-refractivity contribution in [3.63, 3.8) is 0 Å². The standard InChI is InChI=1S/C9H9FN4O2S2/c1-5-2-6(10)4-7(3-5)14-18(15,16)9-13-12-8(11)17-9/h2-4,14H,1H3,(H2,11,12). The molecule has 96 valence electrons. The van der Waals surface area contributed by atoms with Crippen molar-refractivity contribution in [2.24, 2.45) is 0 Å². The lowest BCUT2D eigenvalue weighted by Crippen LogP contribution is -2.13. The molecule has 9 heteroatoms. The minimum atomic E-state index is -3.88. The van der Waals surface area contributed by atoms with Gasteiger partial charge in [0.1, 0.15) is 5.82 Å². The first-order valence-corrected chi connectivity index (χ1v) is 7.06. The molecule has 3 N–H and O–H groups in total. The highest BCUT2D eigenvalue weighted by Crippen LogP contribution is 2.21. The van der Waals surface area contributed by atoms with Crippen LogP contribution >= 0.6 is 11.3 Å². The number of nitrogens with one attached hydrogen (secondary N) is 1. The molecule has 0 unspecified atom stereocenters. The summed E-state index contributed by atoms with van der Waals surface area (Å²) in [5.41, 5.74) is 6.04.